The van der Waals surface area contributed by atoms with Crippen LogP contribution in [0.2, 0.25) is 0 Å². The minimum absolute atomic E-state index is 0.439. The average Bonchev–Trinajstić information content (AvgIpc) is 2.94. The summed E-state index contributed by atoms with van der Waals surface area (Å²) in [5, 5.41) is 0. The molecule has 0 aromatic heterocycles. The molecule has 180 valence electrons. The van der Waals surface area contributed by atoms with Crippen molar-refractivity contribution in [3.63, 3.8) is 0 Å². The Bertz CT molecular complexity index is 1180. The van der Waals surface area contributed by atoms with Crippen LogP contribution in [0.5, 0.6) is 0 Å². The van der Waals surface area contributed by atoms with Gasteiger partial charge in [-0.05, 0) is 54.6 Å². The lowest BCUT2D eigenvalue weighted by molar-refractivity contribution is 0.401. The zero-order valence-corrected chi connectivity index (χ0v) is 20.5. The smallest absolute Gasteiger partial charge is 0.221 e. The molecule has 4 aromatic carbocycles. The quantitative estimate of drug-likeness (QED) is 0.225. The van der Waals surface area contributed by atoms with Crippen molar-refractivity contribution in [2.45, 2.75) is 0 Å². The molecular weight excluding hydrogens is 450 g/mol. The van der Waals surface area contributed by atoms with Crippen molar-refractivity contribution in [1.29, 1.82) is 0 Å². The van der Waals surface area contributed by atoms with E-state index < -0.39 is 0 Å². The fourth-order valence-electron chi connectivity index (χ4n) is 3.54. The van der Waals surface area contributed by atoms with Crippen molar-refractivity contribution in [3.8, 4) is 0 Å². The van der Waals surface area contributed by atoms with Crippen LogP contribution in [-0.2, 0) is 14.2 Å². The van der Waals surface area contributed by atoms with E-state index >= 15 is 0 Å². The third-order valence-corrected chi connectivity index (χ3v) is 5.21. The lowest BCUT2D eigenvalue weighted by Crippen LogP contribution is -2.12. The van der Waals surface area contributed by atoms with Gasteiger partial charge in [-0.25, -0.2) is 15.0 Å². The Hall–Kier alpha value is -4.71. The number of nitrogens with zero attached hydrogens (tertiary/aromatic N) is 3. The number of hydrogen-bond acceptors (Lipinski definition) is 6. The van der Waals surface area contributed by atoms with Crippen LogP contribution in [0, 0.1) is 0 Å². The maximum absolute atomic E-state index is 5.70. The Morgan fingerprint density at radius 3 is 0.889 bits per heavy atom. The summed E-state index contributed by atoms with van der Waals surface area (Å²) in [6, 6.07) is 34.7. The zero-order chi connectivity index (χ0) is 25.2. The summed E-state index contributed by atoms with van der Waals surface area (Å²) in [6.07, 6.45) is 0. The first-order chi connectivity index (χ1) is 17.7. The Balaban J connectivity index is 1.88. The maximum atomic E-state index is 5.70. The van der Waals surface area contributed by atoms with Crippen LogP contribution >= 0.6 is 0 Å². The minimum atomic E-state index is 0.439. The van der Waals surface area contributed by atoms with Crippen LogP contribution in [0.25, 0.3) is 0 Å². The fraction of sp³-hybridized carbons (Fsp3) is 0.100. The molecule has 0 atom stereocenters. The summed E-state index contributed by atoms with van der Waals surface area (Å²) in [7, 11) is 4.79. The molecule has 0 amide bonds. The van der Waals surface area contributed by atoms with Crippen LogP contribution in [0.15, 0.2) is 124 Å². The van der Waals surface area contributed by atoms with E-state index in [0.29, 0.717) is 17.7 Å². The minimum Gasteiger partial charge on any atom is -0.481 e. The molecule has 0 aliphatic rings. The number of benzene rings is 4. The first kappa shape index (κ1) is 24.4. The van der Waals surface area contributed by atoms with Gasteiger partial charge in [-0.2, -0.15) is 0 Å². The standard InChI is InChI=1S/C30H27N3O3/c1-34-28(31-25-13-7-4-8-14-25)22-19-23(29(35-2)32-26-15-9-5-10-16-26)21-24(20-22)30(36-3)33-27-17-11-6-12-18-27/h4-21H,1-3H3/b31-28-,32-29+,33-30?. The molecule has 4 rings (SSSR count). The van der Waals surface area contributed by atoms with Crippen LogP contribution < -0.4 is 0 Å². The summed E-state index contributed by atoms with van der Waals surface area (Å²) in [4.78, 5) is 14.1. The van der Waals surface area contributed by atoms with Crippen LogP contribution in [0.3, 0.4) is 0 Å². The molecule has 0 heterocycles. The highest BCUT2D eigenvalue weighted by atomic mass is 16.5. The van der Waals surface area contributed by atoms with E-state index in [-0.39, 0.29) is 0 Å². The summed E-state index contributed by atoms with van der Waals surface area (Å²) >= 11 is 0. The lowest BCUT2D eigenvalue weighted by atomic mass is 10.0. The second-order valence-electron chi connectivity index (χ2n) is 7.67. The average molecular weight is 478 g/mol. The summed E-state index contributed by atoms with van der Waals surface area (Å²) < 4.78 is 17.1. The predicted molar refractivity (Wildman–Crippen MR) is 145 cm³/mol. The molecule has 0 saturated carbocycles. The normalized spacial score (nSPS) is 12.2. The van der Waals surface area contributed by atoms with E-state index in [1.165, 1.54) is 0 Å². The summed E-state index contributed by atoms with van der Waals surface area (Å²) in [5.74, 6) is 1.32. The van der Waals surface area contributed by atoms with Crippen LogP contribution in [0.1, 0.15) is 16.7 Å². The monoisotopic (exact) mass is 477 g/mol. The molecule has 4 aromatic rings. The molecule has 0 aliphatic carbocycles. The van der Waals surface area contributed by atoms with E-state index in [2.05, 4.69) is 0 Å². The number of rotatable bonds is 6. The van der Waals surface area contributed by atoms with Gasteiger partial charge in [-0.3, -0.25) is 0 Å². The third kappa shape index (κ3) is 6.24. The molecule has 6 nitrogen and oxygen atoms in total. The maximum Gasteiger partial charge on any atom is 0.221 e. The summed E-state index contributed by atoms with van der Waals surface area (Å²) in [6.45, 7) is 0. The van der Waals surface area contributed by atoms with Crippen molar-refractivity contribution in [2.75, 3.05) is 21.3 Å². The van der Waals surface area contributed by atoms with E-state index in [9.17, 15) is 0 Å². The Morgan fingerprint density at radius 1 is 0.417 bits per heavy atom. The van der Waals surface area contributed by atoms with E-state index in [0.717, 1.165) is 33.8 Å². The highest BCUT2D eigenvalue weighted by Crippen LogP contribution is 2.22. The first-order valence-electron chi connectivity index (χ1n) is 11.4. The second-order valence-corrected chi connectivity index (χ2v) is 7.67. The van der Waals surface area contributed by atoms with Gasteiger partial charge >= 0.3 is 0 Å². The Morgan fingerprint density at radius 2 is 0.667 bits per heavy atom. The molecule has 6 heteroatoms. The van der Waals surface area contributed by atoms with Crippen molar-refractivity contribution in [2.24, 2.45) is 15.0 Å². The van der Waals surface area contributed by atoms with Crippen LogP contribution in [0.4, 0.5) is 17.1 Å². The van der Waals surface area contributed by atoms with Crippen LogP contribution in [-0.4, -0.2) is 39.0 Å². The van der Waals surface area contributed by atoms with E-state index in [4.69, 9.17) is 29.2 Å². The van der Waals surface area contributed by atoms with Gasteiger partial charge in [0.1, 0.15) is 0 Å². The zero-order valence-electron chi connectivity index (χ0n) is 20.5. The number of methoxy groups -OCH3 is 3. The molecule has 0 fully saturated rings. The highest BCUT2D eigenvalue weighted by molar-refractivity contribution is 6.05. The van der Waals surface area contributed by atoms with Gasteiger partial charge in [-0.15, -0.1) is 0 Å². The molecule has 0 bridgehead atoms. The van der Waals surface area contributed by atoms with Gasteiger partial charge in [0.15, 0.2) is 0 Å². The SMILES string of the molecule is COC(=Nc1ccccc1)c1cc(/C(=N/c2ccccc2)OC)cc(/C(=N\c2ccccc2)OC)c1. The number of hydrogen-bond donors (Lipinski definition) is 0. The van der Waals surface area contributed by atoms with Crippen molar-refractivity contribution < 1.29 is 14.2 Å². The number of ether oxygens (including phenoxy) is 3. The van der Waals surface area contributed by atoms with Crippen molar-refractivity contribution in [1.82, 2.24) is 0 Å². The van der Waals surface area contributed by atoms with E-state index in [1.807, 2.05) is 109 Å². The predicted octanol–water partition coefficient (Wildman–Crippen LogP) is 6.86. The van der Waals surface area contributed by atoms with Gasteiger partial charge in [0.25, 0.3) is 0 Å². The van der Waals surface area contributed by atoms with Gasteiger partial charge in [0, 0.05) is 16.7 Å². The highest BCUT2D eigenvalue weighted by Gasteiger charge is 2.16. The van der Waals surface area contributed by atoms with Crippen molar-refractivity contribution >= 4 is 34.8 Å². The molecule has 0 N–H and O–H groups in total. The molecule has 0 aliphatic heterocycles. The third-order valence-electron chi connectivity index (χ3n) is 5.21. The fourth-order valence-corrected chi connectivity index (χ4v) is 3.54. The Labute approximate surface area is 211 Å². The first-order valence-corrected chi connectivity index (χ1v) is 11.4. The summed E-state index contributed by atoms with van der Waals surface area (Å²) in [5.41, 5.74) is 4.50. The van der Waals surface area contributed by atoms with Gasteiger partial charge in [0.05, 0.1) is 38.4 Å². The molecule has 0 unspecified atom stereocenters. The van der Waals surface area contributed by atoms with E-state index in [1.54, 1.807) is 21.3 Å². The number of aliphatic imine (C=N–C) groups is 3. The molecular formula is C30H27N3O3. The topological polar surface area (TPSA) is 64.8 Å². The molecule has 36 heavy (non-hydrogen) atoms. The van der Waals surface area contributed by atoms with Crippen molar-refractivity contribution in [3.05, 3.63) is 126 Å². The van der Waals surface area contributed by atoms with Gasteiger partial charge in [-0.1, -0.05) is 54.6 Å². The molecule has 0 spiro atoms. The second kappa shape index (κ2) is 12.1. The molecule has 0 radical (unpaired) electrons. The Kier molecular flexibility index (Phi) is 8.22. The van der Waals surface area contributed by atoms with Gasteiger partial charge in [0.2, 0.25) is 17.7 Å². The largest absolute Gasteiger partial charge is 0.481 e. The number of para-hydroxylation sites is 3. The molecule has 0 saturated heterocycles. The lowest BCUT2D eigenvalue weighted by Gasteiger charge is -2.13. The van der Waals surface area contributed by atoms with Gasteiger partial charge < -0.3 is 14.2 Å².